The third kappa shape index (κ3) is 5.07. The van der Waals surface area contributed by atoms with Crippen LogP contribution in [0.3, 0.4) is 0 Å². The Morgan fingerprint density at radius 2 is 1.51 bits per heavy atom. The molecular weight excluding hydrogens is 470 g/mol. The van der Waals surface area contributed by atoms with Gasteiger partial charge in [-0.15, -0.1) is 0 Å². The molecule has 0 bridgehead atoms. The van der Waals surface area contributed by atoms with Crippen molar-refractivity contribution in [3.05, 3.63) is 58.6 Å². The van der Waals surface area contributed by atoms with E-state index in [1.807, 2.05) is 4.90 Å². The third-order valence-corrected chi connectivity index (χ3v) is 7.25. The zero-order valence-electron chi connectivity index (χ0n) is 19.4. The lowest BCUT2D eigenvalue weighted by Gasteiger charge is -2.37. The van der Waals surface area contributed by atoms with E-state index in [4.69, 9.17) is 21.1 Å². The highest BCUT2D eigenvalue weighted by Gasteiger charge is 2.37. The van der Waals surface area contributed by atoms with Crippen molar-refractivity contribution in [1.29, 1.82) is 0 Å². The number of benzene rings is 2. The Hall–Kier alpha value is -3.26. The first-order valence-electron chi connectivity index (χ1n) is 12.0. The lowest BCUT2D eigenvalue weighted by atomic mass is 9.88. The van der Waals surface area contributed by atoms with Gasteiger partial charge in [0.15, 0.2) is 11.5 Å². The maximum Gasteiger partial charge on any atom is 0.253 e. The molecular formula is C26H28ClN3O5. The van der Waals surface area contributed by atoms with Crippen molar-refractivity contribution in [2.75, 3.05) is 33.0 Å². The summed E-state index contributed by atoms with van der Waals surface area (Å²) in [6, 6.07) is 11.2. The molecule has 2 aromatic carbocycles. The number of halogens is 1. The number of nitrogens with zero attached hydrogens (tertiary/aromatic N) is 2. The van der Waals surface area contributed by atoms with Gasteiger partial charge in [-0.05, 0) is 74.1 Å². The monoisotopic (exact) mass is 497 g/mol. The first-order valence-corrected chi connectivity index (χ1v) is 12.4. The van der Waals surface area contributed by atoms with Gasteiger partial charge in [-0.2, -0.15) is 0 Å². The van der Waals surface area contributed by atoms with Gasteiger partial charge in [-0.3, -0.25) is 14.4 Å². The maximum atomic E-state index is 13.4. The molecule has 184 valence electrons. The van der Waals surface area contributed by atoms with E-state index in [0.29, 0.717) is 66.7 Å². The third-order valence-electron chi connectivity index (χ3n) is 6.99. The fourth-order valence-electron chi connectivity index (χ4n) is 4.99. The van der Waals surface area contributed by atoms with Gasteiger partial charge in [-0.1, -0.05) is 11.6 Å². The molecule has 9 heteroatoms. The standard InChI is InChI=1S/C26H28ClN3O5/c27-20-6-3-18(4-7-20)25(32)30-13-9-17(10-14-30)23(26(33)29-11-1-2-12-29)28-24(31)19-5-8-21-22(15-19)35-16-34-21/h3-8,15,17,23H,1-2,9-14,16H2,(H,28,31). The van der Waals surface area contributed by atoms with Gasteiger partial charge in [0.05, 0.1) is 0 Å². The van der Waals surface area contributed by atoms with Crippen molar-refractivity contribution in [3.63, 3.8) is 0 Å². The van der Waals surface area contributed by atoms with Crippen LogP contribution in [0.1, 0.15) is 46.4 Å². The summed E-state index contributed by atoms with van der Waals surface area (Å²) in [5.41, 5.74) is 1.01. The molecule has 3 aliphatic rings. The molecule has 0 aliphatic carbocycles. The van der Waals surface area contributed by atoms with Gasteiger partial charge in [0.1, 0.15) is 6.04 Å². The number of likely N-dealkylation sites (tertiary alicyclic amines) is 2. The van der Waals surface area contributed by atoms with E-state index in [-0.39, 0.29) is 30.4 Å². The molecule has 0 radical (unpaired) electrons. The van der Waals surface area contributed by atoms with Crippen LogP contribution in [0.2, 0.25) is 5.02 Å². The van der Waals surface area contributed by atoms with Crippen LogP contribution in [0.25, 0.3) is 0 Å². The molecule has 1 unspecified atom stereocenters. The Kier molecular flexibility index (Phi) is 6.81. The van der Waals surface area contributed by atoms with Crippen molar-refractivity contribution in [2.24, 2.45) is 5.92 Å². The number of hydrogen-bond donors (Lipinski definition) is 1. The normalized spacial score (nSPS) is 18.4. The van der Waals surface area contributed by atoms with Gasteiger partial charge < -0.3 is 24.6 Å². The van der Waals surface area contributed by atoms with Gasteiger partial charge in [0.2, 0.25) is 12.7 Å². The van der Waals surface area contributed by atoms with Crippen LogP contribution >= 0.6 is 11.6 Å². The summed E-state index contributed by atoms with van der Waals surface area (Å²) in [4.78, 5) is 43.1. The van der Waals surface area contributed by atoms with Crippen LogP contribution in [0.5, 0.6) is 11.5 Å². The van der Waals surface area contributed by atoms with Gasteiger partial charge in [0.25, 0.3) is 11.8 Å². The van der Waals surface area contributed by atoms with E-state index in [0.717, 1.165) is 12.8 Å². The summed E-state index contributed by atoms with van der Waals surface area (Å²) < 4.78 is 10.7. The summed E-state index contributed by atoms with van der Waals surface area (Å²) in [5.74, 6) is 0.653. The first-order chi connectivity index (χ1) is 17.0. The number of nitrogens with one attached hydrogen (secondary N) is 1. The van der Waals surface area contributed by atoms with Gasteiger partial charge in [-0.25, -0.2) is 0 Å². The van der Waals surface area contributed by atoms with Crippen LogP contribution in [0.4, 0.5) is 0 Å². The number of piperidine rings is 1. The highest BCUT2D eigenvalue weighted by molar-refractivity contribution is 6.30. The maximum absolute atomic E-state index is 13.4. The van der Waals surface area contributed by atoms with Crippen LogP contribution in [-0.2, 0) is 4.79 Å². The van der Waals surface area contributed by atoms with Crippen molar-refractivity contribution in [1.82, 2.24) is 15.1 Å². The molecule has 0 spiro atoms. The Morgan fingerprint density at radius 3 is 2.23 bits per heavy atom. The summed E-state index contributed by atoms with van der Waals surface area (Å²) in [6.45, 7) is 2.60. The average molecular weight is 498 g/mol. The summed E-state index contributed by atoms with van der Waals surface area (Å²) in [7, 11) is 0. The van der Waals surface area contributed by atoms with E-state index in [1.165, 1.54) is 0 Å². The highest BCUT2D eigenvalue weighted by atomic mass is 35.5. The molecule has 35 heavy (non-hydrogen) atoms. The van der Waals surface area contributed by atoms with Gasteiger partial charge >= 0.3 is 0 Å². The minimum Gasteiger partial charge on any atom is -0.454 e. The Labute approximate surface area is 209 Å². The van der Waals surface area contributed by atoms with Crippen LogP contribution < -0.4 is 14.8 Å². The van der Waals surface area contributed by atoms with Crippen LogP contribution in [-0.4, -0.2) is 66.5 Å². The zero-order valence-corrected chi connectivity index (χ0v) is 20.1. The van der Waals surface area contributed by atoms with Crippen LogP contribution in [0.15, 0.2) is 42.5 Å². The number of fused-ring (bicyclic) bond motifs is 1. The molecule has 1 N–H and O–H groups in total. The number of hydrogen-bond acceptors (Lipinski definition) is 5. The molecule has 3 amide bonds. The predicted molar refractivity (Wildman–Crippen MR) is 130 cm³/mol. The molecule has 1 atom stereocenters. The number of ether oxygens (including phenoxy) is 2. The SMILES string of the molecule is O=C(NC(C(=O)N1CCCC1)C1CCN(C(=O)c2ccc(Cl)cc2)CC1)c1ccc2c(c1)OCO2. The van der Waals surface area contributed by atoms with E-state index in [1.54, 1.807) is 47.4 Å². The number of carbonyl (C=O) groups excluding carboxylic acids is 3. The zero-order chi connectivity index (χ0) is 24.4. The lowest BCUT2D eigenvalue weighted by Crippen LogP contribution is -2.54. The second-order valence-corrected chi connectivity index (χ2v) is 9.62. The molecule has 5 rings (SSSR count). The van der Waals surface area contributed by atoms with Crippen molar-refractivity contribution >= 4 is 29.3 Å². The summed E-state index contributed by atoms with van der Waals surface area (Å²) >= 11 is 5.94. The van der Waals surface area contributed by atoms with Gasteiger partial charge in [0, 0.05) is 42.3 Å². The lowest BCUT2D eigenvalue weighted by molar-refractivity contribution is -0.134. The molecule has 2 fully saturated rings. The van der Waals surface area contributed by atoms with E-state index < -0.39 is 6.04 Å². The molecule has 3 heterocycles. The van der Waals surface area contributed by atoms with E-state index in [2.05, 4.69) is 5.32 Å². The average Bonchev–Trinajstić information content (AvgIpc) is 3.59. The van der Waals surface area contributed by atoms with E-state index >= 15 is 0 Å². The second-order valence-electron chi connectivity index (χ2n) is 9.19. The fraction of sp³-hybridized carbons (Fsp3) is 0.423. The Morgan fingerprint density at radius 1 is 0.857 bits per heavy atom. The van der Waals surface area contributed by atoms with E-state index in [9.17, 15) is 14.4 Å². The van der Waals surface area contributed by atoms with Crippen molar-refractivity contribution in [2.45, 2.75) is 31.7 Å². The van der Waals surface area contributed by atoms with Crippen molar-refractivity contribution in [3.8, 4) is 11.5 Å². The quantitative estimate of drug-likeness (QED) is 0.684. The minimum atomic E-state index is -0.640. The number of carbonyl (C=O) groups is 3. The van der Waals surface area contributed by atoms with Crippen LogP contribution in [0, 0.1) is 5.92 Å². The molecule has 2 saturated heterocycles. The molecule has 0 saturated carbocycles. The largest absolute Gasteiger partial charge is 0.454 e. The summed E-state index contributed by atoms with van der Waals surface area (Å²) in [5, 5.41) is 3.59. The minimum absolute atomic E-state index is 0.0425. The summed E-state index contributed by atoms with van der Waals surface area (Å²) in [6.07, 6.45) is 3.21. The molecule has 3 aliphatic heterocycles. The molecule has 0 aromatic heterocycles. The topological polar surface area (TPSA) is 88.2 Å². The smallest absolute Gasteiger partial charge is 0.253 e. The van der Waals surface area contributed by atoms with Crippen molar-refractivity contribution < 1.29 is 23.9 Å². The predicted octanol–water partition coefficient (Wildman–Crippen LogP) is 3.34. The number of amides is 3. The number of rotatable bonds is 5. The second kappa shape index (κ2) is 10.2. The highest BCUT2D eigenvalue weighted by Crippen LogP contribution is 2.33. The Balaban J connectivity index is 1.28. The first kappa shape index (κ1) is 23.5. The molecule has 8 nitrogen and oxygen atoms in total. The Bertz CT molecular complexity index is 1110. The molecule has 2 aromatic rings. The fourth-order valence-corrected chi connectivity index (χ4v) is 5.11.